The summed E-state index contributed by atoms with van der Waals surface area (Å²) in [5.74, 6) is 0. The Balaban J connectivity index is 0.000000360. The fourth-order valence-corrected chi connectivity index (χ4v) is 0.838. The van der Waals surface area contributed by atoms with Crippen LogP contribution >= 0.6 is 12.4 Å². The van der Waals surface area contributed by atoms with Gasteiger partial charge in [0.15, 0.2) is 0 Å². The molecular weight excluding hydrogens is 126 g/mol. The van der Waals surface area contributed by atoms with E-state index in [1.807, 2.05) is 18.3 Å². The number of halogens is 1. The van der Waals surface area contributed by atoms with Crippen LogP contribution in [0.3, 0.4) is 0 Å². The molecule has 0 atom stereocenters. The number of hydrogen-bond acceptors (Lipinski definition) is 1. The van der Waals surface area contributed by atoms with Crippen LogP contribution in [0.4, 0.5) is 0 Å². The summed E-state index contributed by atoms with van der Waals surface area (Å²) in [6.45, 7) is 0. The van der Waals surface area contributed by atoms with E-state index in [0.717, 1.165) is 0 Å². The molecule has 0 aliphatic heterocycles. The van der Waals surface area contributed by atoms with E-state index < -0.39 is 0 Å². The second kappa shape index (κ2) is 3.96. The second-order valence-electron chi connectivity index (χ2n) is 1.02. The fourth-order valence-electron chi connectivity index (χ4n) is 0.313. The van der Waals surface area contributed by atoms with E-state index in [-0.39, 0.29) is 21.7 Å². The van der Waals surface area contributed by atoms with Gasteiger partial charge in [0.25, 0.3) is 0 Å². The lowest BCUT2D eigenvalue weighted by atomic mass is 10.7. The van der Waals surface area contributed by atoms with Gasteiger partial charge in [0.1, 0.15) is 9.29 Å². The first-order valence-electron chi connectivity index (χ1n) is 1.85. The Kier molecular flexibility index (Phi) is 3.84. The van der Waals surface area contributed by atoms with Crippen molar-refractivity contribution in [2.45, 2.75) is 0 Å². The Morgan fingerprint density at radius 1 is 1.29 bits per heavy atom. The summed E-state index contributed by atoms with van der Waals surface area (Å²) in [6.07, 6.45) is 1.84. The predicted molar refractivity (Wildman–Crippen MR) is 34.2 cm³/mol. The van der Waals surface area contributed by atoms with Crippen LogP contribution in [0.1, 0.15) is 0 Å². The zero-order valence-corrected chi connectivity index (χ0v) is 5.71. The van der Waals surface area contributed by atoms with Gasteiger partial charge in [-0.3, -0.25) is 0 Å². The van der Waals surface area contributed by atoms with Crippen molar-refractivity contribution in [1.82, 2.24) is 4.64 Å². The molecule has 0 aliphatic carbocycles. The average molecular weight is 132 g/mol. The van der Waals surface area contributed by atoms with E-state index in [1.165, 1.54) is 0 Å². The first kappa shape index (κ1) is 6.79. The fraction of sp³-hybridized carbons (Fsp3) is 0. The maximum atomic E-state index is 3.99. The van der Waals surface area contributed by atoms with E-state index in [1.54, 1.807) is 0 Å². The molecule has 0 N–H and O–H groups in total. The van der Waals surface area contributed by atoms with Gasteiger partial charge in [-0.15, -0.1) is 12.4 Å². The Labute approximate surface area is 51.0 Å². The largest absolute Gasteiger partial charge is 0.309 e. The van der Waals surface area contributed by atoms with E-state index in [0.29, 0.717) is 0 Å². The van der Waals surface area contributed by atoms with Crippen molar-refractivity contribution < 1.29 is 0 Å². The molecule has 0 saturated heterocycles. The van der Waals surface area contributed by atoms with E-state index in [9.17, 15) is 0 Å². The Morgan fingerprint density at radius 2 is 2.14 bits per heavy atom. The van der Waals surface area contributed by atoms with Crippen LogP contribution in [0.5, 0.6) is 0 Å². The number of hydrogen-bond donors (Lipinski definition) is 0. The average Bonchev–Trinajstić information content (AvgIpc) is 1.72. The topological polar surface area (TPSA) is 12.9 Å². The molecule has 1 nitrogen and oxygen atoms in total. The minimum absolute atomic E-state index is 0. The highest BCUT2D eigenvalue weighted by Gasteiger charge is 1.59. The second-order valence-corrected chi connectivity index (χ2v) is 2.01. The molecule has 38 valence electrons. The molecule has 3 heteroatoms. The molecule has 1 rings (SSSR count). The van der Waals surface area contributed by atoms with Crippen LogP contribution in [-0.2, 0) is 0 Å². The lowest BCUT2D eigenvalue weighted by molar-refractivity contribution is 1.51. The van der Waals surface area contributed by atoms with E-state index in [2.05, 4.69) is 10.3 Å². The van der Waals surface area contributed by atoms with Crippen molar-refractivity contribution in [2.75, 3.05) is 0 Å². The van der Waals surface area contributed by atoms with Crippen molar-refractivity contribution in [1.29, 1.82) is 0 Å². The Bertz CT molecular complexity index is 83.6. The molecular formula is C4H6ClNSi. The molecule has 1 heterocycles. The number of nitrogens with zero attached hydrogens (tertiary/aromatic N) is 1. The molecule has 0 unspecified atom stereocenters. The third kappa shape index (κ3) is 2.48. The van der Waals surface area contributed by atoms with Crippen molar-refractivity contribution in [3.05, 3.63) is 24.0 Å². The van der Waals surface area contributed by atoms with Gasteiger partial charge in [0, 0.05) is 6.20 Å². The van der Waals surface area contributed by atoms with Crippen LogP contribution in [0.15, 0.2) is 24.0 Å². The van der Waals surface area contributed by atoms with Crippen molar-refractivity contribution in [3.8, 4) is 0 Å². The summed E-state index contributed by atoms with van der Waals surface area (Å²) in [5, 5.41) is 0. The highest BCUT2D eigenvalue weighted by molar-refractivity contribution is 6.19. The Morgan fingerprint density at radius 3 is 2.29 bits per heavy atom. The first-order chi connectivity index (χ1) is 3.00. The summed E-state index contributed by atoms with van der Waals surface area (Å²) in [7, 11) is 0.263. The van der Waals surface area contributed by atoms with Gasteiger partial charge < -0.3 is 4.64 Å². The molecule has 1 aromatic rings. The zero-order chi connectivity index (χ0) is 4.24. The van der Waals surface area contributed by atoms with Crippen LogP contribution in [0.25, 0.3) is 0 Å². The van der Waals surface area contributed by atoms with E-state index >= 15 is 0 Å². The van der Waals surface area contributed by atoms with Gasteiger partial charge in [0.05, 0.1) is 0 Å². The maximum Gasteiger partial charge on any atom is 0.139 e. The summed E-state index contributed by atoms with van der Waals surface area (Å²) >= 11 is 0. The van der Waals surface area contributed by atoms with Crippen LogP contribution in [0, 0.1) is 0 Å². The molecule has 1 aromatic heterocycles. The quantitative estimate of drug-likeness (QED) is 0.470. The standard InChI is InChI=1S/C4H5NSi.ClH/c1-2-4-6-5-3-1;/h1-4,6H;1H. The molecule has 0 radical (unpaired) electrons. The van der Waals surface area contributed by atoms with E-state index in [4.69, 9.17) is 0 Å². The van der Waals surface area contributed by atoms with Gasteiger partial charge in [-0.05, 0) is 6.07 Å². The summed E-state index contributed by atoms with van der Waals surface area (Å²) in [5.41, 5.74) is 2.10. The molecule has 7 heavy (non-hydrogen) atoms. The van der Waals surface area contributed by atoms with Crippen molar-refractivity contribution >= 4 is 21.7 Å². The smallest absolute Gasteiger partial charge is 0.139 e. The highest BCUT2D eigenvalue weighted by Crippen LogP contribution is 1.67. The lowest BCUT2D eigenvalue weighted by Crippen LogP contribution is -1.71. The monoisotopic (exact) mass is 131 g/mol. The number of rotatable bonds is 0. The molecule has 0 spiro atoms. The van der Waals surface area contributed by atoms with Gasteiger partial charge >= 0.3 is 0 Å². The van der Waals surface area contributed by atoms with Gasteiger partial charge in [-0.1, -0.05) is 11.7 Å². The van der Waals surface area contributed by atoms with Gasteiger partial charge in [0.2, 0.25) is 0 Å². The molecule has 0 bridgehead atoms. The highest BCUT2D eigenvalue weighted by atomic mass is 35.5. The minimum Gasteiger partial charge on any atom is -0.309 e. The lowest BCUT2D eigenvalue weighted by Gasteiger charge is -1.69. The predicted octanol–water partition coefficient (Wildman–Crippen LogP) is 0.574. The Hall–Kier alpha value is -0.213. The van der Waals surface area contributed by atoms with Gasteiger partial charge in [-0.2, -0.15) is 0 Å². The molecule has 0 fully saturated rings. The van der Waals surface area contributed by atoms with Gasteiger partial charge in [-0.25, -0.2) is 0 Å². The number of aromatic nitrogens is 1. The van der Waals surface area contributed by atoms with Crippen LogP contribution in [-0.4, -0.2) is 13.9 Å². The normalized spacial score (nSPS) is 6.86. The summed E-state index contributed by atoms with van der Waals surface area (Å²) in [4.78, 5) is 0. The SMILES string of the molecule is Cl.c1cc[siH]nc1. The third-order valence-corrected chi connectivity index (χ3v) is 1.31. The summed E-state index contributed by atoms with van der Waals surface area (Å²) < 4.78 is 3.99. The van der Waals surface area contributed by atoms with Crippen LogP contribution in [0.2, 0.25) is 0 Å². The summed E-state index contributed by atoms with van der Waals surface area (Å²) in [6, 6.07) is 3.97. The first-order valence-corrected chi connectivity index (χ1v) is 3.03. The molecule has 0 aromatic carbocycles. The third-order valence-electron chi connectivity index (χ3n) is 0.566. The van der Waals surface area contributed by atoms with Crippen molar-refractivity contribution in [2.24, 2.45) is 0 Å². The molecule has 0 amide bonds. The molecule has 0 saturated carbocycles. The van der Waals surface area contributed by atoms with Crippen LogP contribution < -0.4 is 0 Å². The molecule has 0 aliphatic rings. The minimum atomic E-state index is 0. The van der Waals surface area contributed by atoms with Crippen molar-refractivity contribution in [3.63, 3.8) is 0 Å². The maximum absolute atomic E-state index is 3.99. The zero-order valence-electron chi connectivity index (χ0n) is 3.74.